The average molecular weight is 338 g/mol. The number of thiophene rings is 1. The lowest BCUT2D eigenvalue weighted by Gasteiger charge is -2.11. The molecule has 1 nitrogen and oxygen atoms in total. The van der Waals surface area contributed by atoms with Crippen molar-refractivity contribution in [2.24, 2.45) is 0 Å². The standard InChI is InChI=1S/C16H20BrNS/c1-4-11-10-12(17)6-7-13(11)15-8-9-16(19-15)14(5-2)18-3/h6-10,14,18H,4-5H2,1-3H3. The van der Waals surface area contributed by atoms with Gasteiger partial charge in [0.2, 0.25) is 0 Å². The second-order valence-corrected chi connectivity index (χ2v) is 6.64. The molecule has 0 aliphatic carbocycles. The van der Waals surface area contributed by atoms with Crippen LogP contribution >= 0.6 is 27.3 Å². The molecule has 0 amide bonds. The first kappa shape index (κ1) is 14.8. The predicted molar refractivity (Wildman–Crippen MR) is 88.9 cm³/mol. The minimum Gasteiger partial charge on any atom is -0.312 e. The highest BCUT2D eigenvalue weighted by atomic mass is 79.9. The Balaban J connectivity index is 2.37. The molecule has 2 aromatic rings. The Kier molecular flexibility index (Phi) is 5.20. The van der Waals surface area contributed by atoms with Crippen molar-refractivity contribution in [3.63, 3.8) is 0 Å². The molecule has 0 bridgehead atoms. The quantitative estimate of drug-likeness (QED) is 0.768. The van der Waals surface area contributed by atoms with Crippen molar-refractivity contribution in [1.82, 2.24) is 5.32 Å². The van der Waals surface area contributed by atoms with Crippen LogP contribution in [-0.2, 0) is 6.42 Å². The van der Waals surface area contributed by atoms with Gasteiger partial charge in [-0.3, -0.25) is 0 Å². The predicted octanol–water partition coefficient (Wildman–Crippen LogP) is 5.41. The van der Waals surface area contributed by atoms with Crippen LogP contribution in [0.25, 0.3) is 10.4 Å². The van der Waals surface area contributed by atoms with Crippen LogP contribution in [0.3, 0.4) is 0 Å². The Bertz CT molecular complexity index is 543. The summed E-state index contributed by atoms with van der Waals surface area (Å²) in [7, 11) is 2.03. The van der Waals surface area contributed by atoms with Crippen molar-refractivity contribution in [3.05, 3.63) is 45.2 Å². The Morgan fingerprint density at radius 1 is 1.21 bits per heavy atom. The molecule has 0 saturated heterocycles. The van der Waals surface area contributed by atoms with E-state index in [1.165, 1.54) is 20.9 Å². The molecule has 1 aromatic carbocycles. The average Bonchev–Trinajstić information content (AvgIpc) is 2.89. The third-order valence-electron chi connectivity index (χ3n) is 3.44. The van der Waals surface area contributed by atoms with Crippen molar-refractivity contribution in [2.75, 3.05) is 7.05 Å². The highest BCUT2D eigenvalue weighted by Gasteiger charge is 2.12. The lowest BCUT2D eigenvalue weighted by atomic mass is 10.0. The van der Waals surface area contributed by atoms with Gasteiger partial charge in [0.1, 0.15) is 0 Å². The maximum atomic E-state index is 3.55. The summed E-state index contributed by atoms with van der Waals surface area (Å²) in [5, 5.41) is 3.37. The summed E-state index contributed by atoms with van der Waals surface area (Å²) in [6, 6.07) is 11.6. The van der Waals surface area contributed by atoms with Crippen LogP contribution in [-0.4, -0.2) is 7.05 Å². The fourth-order valence-electron chi connectivity index (χ4n) is 2.33. The Morgan fingerprint density at radius 2 is 2.00 bits per heavy atom. The van der Waals surface area contributed by atoms with Crippen molar-refractivity contribution >= 4 is 27.3 Å². The van der Waals surface area contributed by atoms with E-state index in [1.807, 2.05) is 18.4 Å². The summed E-state index contributed by atoms with van der Waals surface area (Å²) < 4.78 is 1.16. The number of rotatable bonds is 5. The SMILES string of the molecule is CCc1cc(Br)ccc1-c1ccc(C(CC)NC)s1. The van der Waals surface area contributed by atoms with E-state index in [-0.39, 0.29) is 0 Å². The second kappa shape index (κ2) is 6.69. The zero-order valence-corrected chi connectivity index (χ0v) is 14.1. The maximum Gasteiger partial charge on any atom is 0.0409 e. The van der Waals surface area contributed by atoms with Gasteiger partial charge in [-0.2, -0.15) is 0 Å². The van der Waals surface area contributed by atoms with Crippen molar-refractivity contribution in [1.29, 1.82) is 0 Å². The first-order valence-electron chi connectivity index (χ1n) is 6.75. The van der Waals surface area contributed by atoms with Crippen LogP contribution < -0.4 is 5.32 Å². The summed E-state index contributed by atoms with van der Waals surface area (Å²) in [6.45, 7) is 4.43. The van der Waals surface area contributed by atoms with Gasteiger partial charge >= 0.3 is 0 Å². The zero-order chi connectivity index (χ0) is 13.8. The van der Waals surface area contributed by atoms with Crippen LogP contribution in [0.4, 0.5) is 0 Å². The number of benzene rings is 1. The Morgan fingerprint density at radius 3 is 2.63 bits per heavy atom. The molecule has 1 aromatic heterocycles. The van der Waals surface area contributed by atoms with Crippen LogP contribution in [0.15, 0.2) is 34.8 Å². The monoisotopic (exact) mass is 337 g/mol. The number of nitrogens with one attached hydrogen (secondary N) is 1. The third kappa shape index (κ3) is 3.28. The van der Waals surface area contributed by atoms with E-state index < -0.39 is 0 Å². The molecule has 1 N–H and O–H groups in total. The number of aryl methyl sites for hydroxylation is 1. The second-order valence-electron chi connectivity index (χ2n) is 4.61. The molecule has 0 saturated carbocycles. The van der Waals surface area contributed by atoms with Crippen molar-refractivity contribution < 1.29 is 0 Å². The fourth-order valence-corrected chi connectivity index (χ4v) is 4.00. The van der Waals surface area contributed by atoms with Gasteiger partial charge in [0, 0.05) is 20.3 Å². The molecule has 2 rings (SSSR count). The summed E-state index contributed by atoms with van der Waals surface area (Å²) in [5.41, 5.74) is 2.77. The van der Waals surface area contributed by atoms with Gasteiger partial charge < -0.3 is 5.32 Å². The first-order chi connectivity index (χ1) is 9.19. The molecule has 1 unspecified atom stereocenters. The molecule has 1 heterocycles. The van der Waals surface area contributed by atoms with Crippen molar-refractivity contribution in [3.8, 4) is 10.4 Å². The van der Waals surface area contributed by atoms with Gasteiger partial charge in [-0.25, -0.2) is 0 Å². The van der Waals surface area contributed by atoms with Gasteiger partial charge in [-0.05, 0) is 55.3 Å². The molecule has 1 atom stereocenters. The van der Waals surface area contributed by atoms with Crippen LogP contribution in [0.1, 0.15) is 36.8 Å². The molecular weight excluding hydrogens is 318 g/mol. The number of halogens is 1. The van der Waals surface area contributed by atoms with E-state index in [4.69, 9.17) is 0 Å². The molecule has 0 aliphatic rings. The summed E-state index contributed by atoms with van der Waals surface area (Å²) in [5.74, 6) is 0. The van der Waals surface area contributed by atoms with Gasteiger partial charge in [0.25, 0.3) is 0 Å². The molecule has 0 radical (unpaired) electrons. The zero-order valence-electron chi connectivity index (χ0n) is 11.7. The molecule has 19 heavy (non-hydrogen) atoms. The highest BCUT2D eigenvalue weighted by Crippen LogP contribution is 2.35. The van der Waals surface area contributed by atoms with Crippen molar-refractivity contribution in [2.45, 2.75) is 32.7 Å². The lowest BCUT2D eigenvalue weighted by Crippen LogP contribution is -2.13. The fraction of sp³-hybridized carbons (Fsp3) is 0.375. The Labute approximate surface area is 128 Å². The van der Waals surface area contributed by atoms with Crippen LogP contribution in [0.2, 0.25) is 0 Å². The van der Waals surface area contributed by atoms with E-state index in [9.17, 15) is 0 Å². The molecule has 3 heteroatoms. The summed E-state index contributed by atoms with van der Waals surface area (Å²) in [4.78, 5) is 2.79. The minimum absolute atomic E-state index is 0.472. The third-order valence-corrected chi connectivity index (χ3v) is 5.17. The van der Waals surface area contributed by atoms with E-state index in [0.29, 0.717) is 6.04 Å². The maximum absolute atomic E-state index is 3.55. The molecular formula is C16H20BrNS. The summed E-state index contributed by atoms with van der Waals surface area (Å²) >= 11 is 5.45. The first-order valence-corrected chi connectivity index (χ1v) is 8.36. The van der Waals surface area contributed by atoms with E-state index in [1.54, 1.807) is 0 Å². The Hall–Kier alpha value is -0.640. The van der Waals surface area contributed by atoms with Gasteiger partial charge in [0.05, 0.1) is 0 Å². The van der Waals surface area contributed by atoms with Crippen LogP contribution in [0, 0.1) is 0 Å². The van der Waals surface area contributed by atoms with Gasteiger partial charge in [-0.15, -0.1) is 11.3 Å². The smallest absolute Gasteiger partial charge is 0.0409 e. The van der Waals surface area contributed by atoms with Gasteiger partial charge in [-0.1, -0.05) is 35.8 Å². The largest absolute Gasteiger partial charge is 0.312 e. The normalized spacial score (nSPS) is 12.6. The van der Waals surface area contributed by atoms with Crippen LogP contribution in [0.5, 0.6) is 0 Å². The lowest BCUT2D eigenvalue weighted by molar-refractivity contribution is 0.586. The van der Waals surface area contributed by atoms with E-state index >= 15 is 0 Å². The number of hydrogen-bond donors (Lipinski definition) is 1. The van der Waals surface area contributed by atoms with Gasteiger partial charge in [0.15, 0.2) is 0 Å². The number of hydrogen-bond acceptors (Lipinski definition) is 2. The van der Waals surface area contributed by atoms with E-state index in [2.05, 4.69) is 65.4 Å². The molecule has 102 valence electrons. The molecule has 0 spiro atoms. The molecule has 0 fully saturated rings. The highest BCUT2D eigenvalue weighted by molar-refractivity contribution is 9.10. The molecule has 0 aliphatic heterocycles. The van der Waals surface area contributed by atoms with E-state index in [0.717, 1.165) is 17.3 Å². The topological polar surface area (TPSA) is 12.0 Å². The minimum atomic E-state index is 0.472. The summed E-state index contributed by atoms with van der Waals surface area (Å²) in [6.07, 6.45) is 2.18.